The Balaban J connectivity index is 1.37. The van der Waals surface area contributed by atoms with E-state index >= 15 is 0 Å². The molecule has 1 N–H and O–H groups in total. The molecule has 1 fully saturated rings. The number of ether oxygens (including phenoxy) is 4. The number of nitrogens with one attached hydrogen (secondary N) is 1. The average Bonchev–Trinajstić information content (AvgIpc) is 2.89. The molecule has 3 aromatic carbocycles. The van der Waals surface area contributed by atoms with Crippen LogP contribution in [0.5, 0.6) is 23.0 Å². The standard InChI is InChI=1S/C25H26N2O7S/c1-31-23-12-7-19(17-24(23)35(29,30)27-13-15-32-16-14-27)26-25(28)18-33-20-8-10-22(11-9-20)34-21-5-3-2-4-6-21/h2-12,17H,13-16,18H2,1H3,(H,26,28). The van der Waals surface area contributed by atoms with Gasteiger partial charge in [-0.1, -0.05) is 18.2 Å². The van der Waals surface area contributed by atoms with E-state index in [9.17, 15) is 13.2 Å². The van der Waals surface area contributed by atoms with Gasteiger partial charge in [0.1, 0.15) is 27.9 Å². The fraction of sp³-hybridized carbons (Fsp3) is 0.240. The molecule has 0 unspecified atom stereocenters. The number of sulfonamides is 1. The summed E-state index contributed by atoms with van der Waals surface area (Å²) in [5.74, 6) is 1.61. The fourth-order valence-electron chi connectivity index (χ4n) is 3.46. The Bertz CT molecular complexity index is 1240. The third-order valence-electron chi connectivity index (χ3n) is 5.21. The average molecular weight is 499 g/mol. The molecule has 3 aromatic rings. The molecule has 1 aliphatic rings. The lowest BCUT2D eigenvalue weighted by molar-refractivity contribution is -0.118. The molecule has 0 atom stereocenters. The molecular formula is C25H26N2O7S. The van der Waals surface area contributed by atoms with E-state index in [2.05, 4.69) is 5.32 Å². The molecule has 9 nitrogen and oxygen atoms in total. The van der Waals surface area contributed by atoms with E-state index in [4.69, 9.17) is 18.9 Å². The van der Waals surface area contributed by atoms with Gasteiger partial charge in [-0.3, -0.25) is 4.79 Å². The summed E-state index contributed by atoms with van der Waals surface area (Å²) in [6, 6.07) is 20.7. The van der Waals surface area contributed by atoms with Crippen molar-refractivity contribution in [2.45, 2.75) is 4.90 Å². The van der Waals surface area contributed by atoms with Crippen molar-refractivity contribution in [1.29, 1.82) is 0 Å². The second kappa shape index (κ2) is 11.2. The minimum absolute atomic E-state index is 0.0189. The second-order valence-corrected chi connectivity index (χ2v) is 9.51. The molecule has 35 heavy (non-hydrogen) atoms. The summed E-state index contributed by atoms with van der Waals surface area (Å²) in [6.45, 7) is 0.913. The molecule has 4 rings (SSSR count). The quantitative estimate of drug-likeness (QED) is 0.481. The Hall–Kier alpha value is -3.60. The molecule has 0 saturated carbocycles. The lowest BCUT2D eigenvalue weighted by Crippen LogP contribution is -2.40. The molecule has 1 aliphatic heterocycles. The number of carbonyl (C=O) groups excluding carboxylic acids is 1. The first kappa shape index (κ1) is 24.5. The molecule has 0 spiro atoms. The highest BCUT2D eigenvalue weighted by atomic mass is 32.2. The Morgan fingerprint density at radius 1 is 0.943 bits per heavy atom. The highest BCUT2D eigenvalue weighted by Crippen LogP contribution is 2.30. The van der Waals surface area contributed by atoms with Gasteiger partial charge in [-0.05, 0) is 54.6 Å². The molecule has 0 aliphatic carbocycles. The first-order valence-corrected chi connectivity index (χ1v) is 12.4. The van der Waals surface area contributed by atoms with Crippen molar-refractivity contribution in [3.63, 3.8) is 0 Å². The molecular weight excluding hydrogens is 472 g/mol. The first-order valence-electron chi connectivity index (χ1n) is 11.0. The molecule has 1 amide bonds. The molecule has 10 heteroatoms. The highest BCUT2D eigenvalue weighted by molar-refractivity contribution is 7.89. The van der Waals surface area contributed by atoms with Crippen molar-refractivity contribution in [1.82, 2.24) is 4.31 Å². The van der Waals surface area contributed by atoms with E-state index in [1.54, 1.807) is 30.3 Å². The summed E-state index contributed by atoms with van der Waals surface area (Å²) in [5.41, 5.74) is 0.317. The van der Waals surface area contributed by atoms with Crippen molar-refractivity contribution in [2.75, 3.05) is 45.3 Å². The van der Waals surface area contributed by atoms with Gasteiger partial charge in [-0.15, -0.1) is 0 Å². The number of nitrogens with zero attached hydrogens (tertiary/aromatic N) is 1. The van der Waals surface area contributed by atoms with Crippen LogP contribution in [0.3, 0.4) is 0 Å². The summed E-state index contributed by atoms with van der Waals surface area (Å²) in [6.07, 6.45) is 0. The first-order chi connectivity index (χ1) is 17.0. The minimum atomic E-state index is -3.81. The number of hydrogen-bond donors (Lipinski definition) is 1. The third kappa shape index (κ3) is 6.30. The second-order valence-electron chi connectivity index (χ2n) is 7.61. The fourth-order valence-corrected chi connectivity index (χ4v) is 5.05. The lowest BCUT2D eigenvalue weighted by Gasteiger charge is -2.26. The van der Waals surface area contributed by atoms with Crippen LogP contribution in [0.2, 0.25) is 0 Å². The summed E-state index contributed by atoms with van der Waals surface area (Å²) in [7, 11) is -2.41. The monoisotopic (exact) mass is 498 g/mol. The number of amides is 1. The van der Waals surface area contributed by atoms with Crippen LogP contribution >= 0.6 is 0 Å². The minimum Gasteiger partial charge on any atom is -0.495 e. The maximum Gasteiger partial charge on any atom is 0.262 e. The van der Waals surface area contributed by atoms with Gasteiger partial charge < -0.3 is 24.3 Å². The largest absolute Gasteiger partial charge is 0.495 e. The van der Waals surface area contributed by atoms with Gasteiger partial charge in [0.15, 0.2) is 6.61 Å². The van der Waals surface area contributed by atoms with Gasteiger partial charge in [0.2, 0.25) is 10.0 Å². The Kier molecular flexibility index (Phi) is 7.86. The number of carbonyl (C=O) groups is 1. The topological polar surface area (TPSA) is 103 Å². The van der Waals surface area contributed by atoms with Crippen LogP contribution in [0, 0.1) is 0 Å². The third-order valence-corrected chi connectivity index (χ3v) is 7.13. The van der Waals surface area contributed by atoms with E-state index in [0.717, 1.165) is 5.75 Å². The van der Waals surface area contributed by atoms with Gasteiger partial charge in [0.05, 0.1) is 20.3 Å². The molecule has 0 radical (unpaired) electrons. The Labute approximate surface area is 204 Å². The van der Waals surface area contributed by atoms with Crippen molar-refractivity contribution in [3.8, 4) is 23.0 Å². The van der Waals surface area contributed by atoms with E-state index in [1.807, 2.05) is 30.3 Å². The maximum atomic E-state index is 13.1. The van der Waals surface area contributed by atoms with E-state index in [-0.39, 0.29) is 30.3 Å². The SMILES string of the molecule is COc1ccc(NC(=O)COc2ccc(Oc3ccccc3)cc2)cc1S(=O)(=O)N1CCOCC1. The zero-order valence-electron chi connectivity index (χ0n) is 19.2. The highest BCUT2D eigenvalue weighted by Gasteiger charge is 2.29. The van der Waals surface area contributed by atoms with Crippen LogP contribution < -0.4 is 19.5 Å². The number of morpholine rings is 1. The number of methoxy groups -OCH3 is 1. The lowest BCUT2D eigenvalue weighted by atomic mass is 10.3. The van der Waals surface area contributed by atoms with Crippen LogP contribution in [0.1, 0.15) is 0 Å². The van der Waals surface area contributed by atoms with Gasteiger partial charge in [-0.2, -0.15) is 4.31 Å². The van der Waals surface area contributed by atoms with Crippen molar-refractivity contribution in [3.05, 3.63) is 72.8 Å². The molecule has 184 valence electrons. The van der Waals surface area contributed by atoms with Crippen LogP contribution in [-0.4, -0.2) is 58.7 Å². The predicted octanol–water partition coefficient (Wildman–Crippen LogP) is 3.53. The van der Waals surface area contributed by atoms with Crippen molar-refractivity contribution in [2.24, 2.45) is 0 Å². The summed E-state index contributed by atoms with van der Waals surface area (Å²) < 4.78 is 49.3. The van der Waals surface area contributed by atoms with E-state index in [1.165, 1.54) is 23.5 Å². The number of para-hydroxylation sites is 1. The van der Waals surface area contributed by atoms with Gasteiger partial charge in [0, 0.05) is 18.8 Å². The molecule has 1 heterocycles. The van der Waals surface area contributed by atoms with Gasteiger partial charge in [-0.25, -0.2) is 8.42 Å². The van der Waals surface area contributed by atoms with Crippen LogP contribution in [0.15, 0.2) is 77.7 Å². The van der Waals surface area contributed by atoms with Crippen LogP contribution in [-0.2, 0) is 19.6 Å². The molecule has 0 bridgehead atoms. The smallest absolute Gasteiger partial charge is 0.262 e. The summed E-state index contributed by atoms with van der Waals surface area (Å²) >= 11 is 0. The summed E-state index contributed by atoms with van der Waals surface area (Å²) in [4.78, 5) is 12.4. The molecule has 1 saturated heterocycles. The Morgan fingerprint density at radius 3 is 2.29 bits per heavy atom. The Morgan fingerprint density at radius 2 is 1.60 bits per heavy atom. The number of hydrogen-bond acceptors (Lipinski definition) is 7. The summed E-state index contributed by atoms with van der Waals surface area (Å²) in [5, 5.41) is 2.67. The zero-order chi connectivity index (χ0) is 24.7. The zero-order valence-corrected chi connectivity index (χ0v) is 20.0. The molecule has 0 aromatic heterocycles. The van der Waals surface area contributed by atoms with E-state index < -0.39 is 15.9 Å². The van der Waals surface area contributed by atoms with Gasteiger partial charge in [0.25, 0.3) is 5.91 Å². The van der Waals surface area contributed by atoms with Crippen LogP contribution in [0.4, 0.5) is 5.69 Å². The predicted molar refractivity (Wildman–Crippen MR) is 130 cm³/mol. The van der Waals surface area contributed by atoms with Crippen molar-refractivity contribution < 1.29 is 32.2 Å². The van der Waals surface area contributed by atoms with E-state index in [0.29, 0.717) is 30.4 Å². The number of rotatable bonds is 9. The van der Waals surface area contributed by atoms with Gasteiger partial charge >= 0.3 is 0 Å². The van der Waals surface area contributed by atoms with Crippen molar-refractivity contribution >= 4 is 21.6 Å². The maximum absolute atomic E-state index is 13.1. The number of anilines is 1. The van der Waals surface area contributed by atoms with Crippen LogP contribution in [0.25, 0.3) is 0 Å². The number of benzene rings is 3. The normalized spacial score (nSPS) is 14.2.